The van der Waals surface area contributed by atoms with Crippen LogP contribution in [0.4, 0.5) is 11.4 Å². The van der Waals surface area contributed by atoms with Gasteiger partial charge in [0.1, 0.15) is 0 Å². The average molecular weight is 515 g/mol. The Kier molecular flexibility index (Phi) is 6.64. The fraction of sp³-hybridized carbons (Fsp3) is 0.467. The molecule has 0 spiro atoms. The average Bonchev–Trinajstić information content (AvgIpc) is 3.36. The molecule has 0 aromatic heterocycles. The number of anilines is 2. The number of hydrogen-bond acceptors (Lipinski definition) is 5. The van der Waals surface area contributed by atoms with Gasteiger partial charge in [0, 0.05) is 56.4 Å². The van der Waals surface area contributed by atoms with E-state index >= 15 is 0 Å². The normalized spacial score (nSPS) is 20.8. The zero-order valence-corrected chi connectivity index (χ0v) is 21.7. The zero-order valence-electron chi connectivity index (χ0n) is 21.7. The molecular formula is C30H34N4O4. The van der Waals surface area contributed by atoms with Crippen molar-refractivity contribution >= 4 is 35.0 Å². The maximum absolute atomic E-state index is 13.6. The van der Waals surface area contributed by atoms with Gasteiger partial charge in [0.25, 0.3) is 17.7 Å². The van der Waals surface area contributed by atoms with Gasteiger partial charge in [-0.3, -0.25) is 24.1 Å². The van der Waals surface area contributed by atoms with Gasteiger partial charge in [-0.1, -0.05) is 37.8 Å². The van der Waals surface area contributed by atoms with Crippen molar-refractivity contribution in [3.05, 3.63) is 59.2 Å². The number of piperazine rings is 1. The molecule has 8 heteroatoms. The summed E-state index contributed by atoms with van der Waals surface area (Å²) in [6, 6.07) is 12.9. The molecule has 0 radical (unpaired) electrons. The molecule has 198 valence electrons. The number of nitrogens with zero attached hydrogens (tertiary/aromatic N) is 4. The molecule has 6 rings (SSSR count). The first kappa shape index (κ1) is 24.6. The van der Waals surface area contributed by atoms with E-state index in [2.05, 4.69) is 4.90 Å². The molecule has 2 aromatic carbocycles. The van der Waals surface area contributed by atoms with Crippen LogP contribution in [-0.2, 0) is 4.79 Å². The summed E-state index contributed by atoms with van der Waals surface area (Å²) in [5.74, 6) is -0.283. The molecule has 0 bridgehead atoms. The Labute approximate surface area is 223 Å². The van der Waals surface area contributed by atoms with Crippen molar-refractivity contribution in [2.24, 2.45) is 0 Å². The third-order valence-corrected chi connectivity index (χ3v) is 8.50. The van der Waals surface area contributed by atoms with Crippen LogP contribution in [0.5, 0.6) is 0 Å². The molecule has 8 nitrogen and oxygen atoms in total. The van der Waals surface area contributed by atoms with Gasteiger partial charge in [-0.25, -0.2) is 0 Å². The minimum absolute atomic E-state index is 0.0150. The topological polar surface area (TPSA) is 81.2 Å². The van der Waals surface area contributed by atoms with Crippen LogP contribution in [0.3, 0.4) is 0 Å². The molecule has 4 aliphatic rings. The van der Waals surface area contributed by atoms with Crippen LogP contribution in [0.15, 0.2) is 42.5 Å². The lowest BCUT2D eigenvalue weighted by molar-refractivity contribution is -0.117. The van der Waals surface area contributed by atoms with E-state index in [0.29, 0.717) is 55.8 Å². The Morgan fingerprint density at radius 3 is 2.21 bits per heavy atom. The van der Waals surface area contributed by atoms with Gasteiger partial charge in [0.15, 0.2) is 0 Å². The molecule has 1 saturated carbocycles. The lowest BCUT2D eigenvalue weighted by atomic mass is 10.1. The summed E-state index contributed by atoms with van der Waals surface area (Å²) in [5, 5.41) is 0. The van der Waals surface area contributed by atoms with Crippen LogP contribution in [0.2, 0.25) is 0 Å². The molecular weight excluding hydrogens is 480 g/mol. The second-order valence-electron chi connectivity index (χ2n) is 10.8. The maximum Gasteiger partial charge on any atom is 0.263 e. The minimum atomic E-state index is -0.167. The van der Waals surface area contributed by atoms with Gasteiger partial charge < -0.3 is 14.7 Å². The third-order valence-electron chi connectivity index (χ3n) is 8.50. The third kappa shape index (κ3) is 4.36. The predicted molar refractivity (Wildman–Crippen MR) is 145 cm³/mol. The first-order chi connectivity index (χ1) is 18.5. The van der Waals surface area contributed by atoms with Crippen LogP contribution in [0.25, 0.3) is 0 Å². The number of fused-ring (bicyclic) bond motifs is 1. The summed E-state index contributed by atoms with van der Waals surface area (Å²) >= 11 is 0. The fourth-order valence-corrected chi connectivity index (χ4v) is 6.46. The van der Waals surface area contributed by atoms with Gasteiger partial charge in [0.05, 0.1) is 16.8 Å². The summed E-state index contributed by atoms with van der Waals surface area (Å²) in [5.41, 5.74) is 3.17. The summed E-state index contributed by atoms with van der Waals surface area (Å²) in [4.78, 5) is 59.6. The fourth-order valence-electron chi connectivity index (χ4n) is 6.46. The summed E-state index contributed by atoms with van der Waals surface area (Å²) < 4.78 is 0. The zero-order chi connectivity index (χ0) is 26.2. The number of imide groups is 1. The van der Waals surface area contributed by atoms with E-state index in [4.69, 9.17) is 0 Å². The van der Waals surface area contributed by atoms with Crippen LogP contribution < -0.4 is 9.80 Å². The molecule has 4 amide bonds. The van der Waals surface area contributed by atoms with E-state index in [1.165, 1.54) is 4.90 Å². The minimum Gasteiger partial charge on any atom is -0.367 e. The second kappa shape index (κ2) is 10.2. The van der Waals surface area contributed by atoms with Gasteiger partial charge >= 0.3 is 0 Å². The first-order valence-corrected chi connectivity index (χ1v) is 14.0. The summed E-state index contributed by atoms with van der Waals surface area (Å²) in [7, 11) is 0. The number of amides is 4. The van der Waals surface area contributed by atoms with Gasteiger partial charge in [0.2, 0.25) is 5.91 Å². The molecule has 2 saturated heterocycles. The molecule has 2 aromatic rings. The molecule has 3 aliphatic heterocycles. The predicted octanol–water partition coefficient (Wildman–Crippen LogP) is 4.09. The van der Waals surface area contributed by atoms with Crippen molar-refractivity contribution in [2.45, 2.75) is 57.4 Å². The largest absolute Gasteiger partial charge is 0.367 e. The SMILES string of the molecule is O=C(c1cccc(N2CCCC2=O)c1)N1CCN(c2cccc3c2C(=O)N(C2CCCCCC2)C3=O)CC1. The van der Waals surface area contributed by atoms with E-state index in [0.717, 1.165) is 56.3 Å². The lowest BCUT2D eigenvalue weighted by Gasteiger charge is -2.37. The molecule has 3 fully saturated rings. The highest BCUT2D eigenvalue weighted by Gasteiger charge is 2.42. The lowest BCUT2D eigenvalue weighted by Crippen LogP contribution is -2.49. The van der Waals surface area contributed by atoms with Crippen molar-refractivity contribution in [3.8, 4) is 0 Å². The number of benzene rings is 2. The Balaban J connectivity index is 1.16. The van der Waals surface area contributed by atoms with E-state index in [1.807, 2.05) is 35.2 Å². The van der Waals surface area contributed by atoms with Crippen molar-refractivity contribution in [1.82, 2.24) is 9.80 Å². The van der Waals surface area contributed by atoms with Crippen molar-refractivity contribution in [2.75, 3.05) is 42.5 Å². The smallest absolute Gasteiger partial charge is 0.263 e. The number of carbonyl (C=O) groups is 4. The highest BCUT2D eigenvalue weighted by atomic mass is 16.2. The summed E-state index contributed by atoms with van der Waals surface area (Å²) in [6.07, 6.45) is 7.59. The van der Waals surface area contributed by atoms with E-state index in [-0.39, 0.29) is 29.7 Å². The standard InChI is InChI=1S/C30H34N4O4/c35-26-14-7-15-33(26)23-11-5-8-21(20-23)28(36)32-18-16-31(17-19-32)25-13-6-12-24-27(25)30(38)34(29(24)37)22-9-3-1-2-4-10-22/h5-6,8,11-13,20,22H,1-4,7,9-10,14-19H2. The number of hydrogen-bond donors (Lipinski definition) is 0. The highest BCUT2D eigenvalue weighted by molar-refractivity contribution is 6.24. The van der Waals surface area contributed by atoms with Crippen LogP contribution >= 0.6 is 0 Å². The first-order valence-electron chi connectivity index (χ1n) is 14.0. The Morgan fingerprint density at radius 2 is 1.50 bits per heavy atom. The van der Waals surface area contributed by atoms with Gasteiger partial charge in [-0.15, -0.1) is 0 Å². The Hall–Kier alpha value is -3.68. The molecule has 0 N–H and O–H groups in total. The molecule has 3 heterocycles. The van der Waals surface area contributed by atoms with Crippen molar-refractivity contribution in [3.63, 3.8) is 0 Å². The molecule has 0 atom stereocenters. The molecule has 38 heavy (non-hydrogen) atoms. The molecule has 1 aliphatic carbocycles. The van der Waals surface area contributed by atoms with Crippen LogP contribution in [0, 0.1) is 0 Å². The second-order valence-corrected chi connectivity index (χ2v) is 10.8. The van der Waals surface area contributed by atoms with E-state index < -0.39 is 0 Å². The van der Waals surface area contributed by atoms with Crippen molar-refractivity contribution in [1.29, 1.82) is 0 Å². The van der Waals surface area contributed by atoms with Crippen molar-refractivity contribution < 1.29 is 19.2 Å². The van der Waals surface area contributed by atoms with E-state index in [9.17, 15) is 19.2 Å². The van der Waals surface area contributed by atoms with Gasteiger partial charge in [-0.2, -0.15) is 0 Å². The van der Waals surface area contributed by atoms with Gasteiger partial charge in [-0.05, 0) is 49.6 Å². The maximum atomic E-state index is 13.6. The monoisotopic (exact) mass is 514 g/mol. The van der Waals surface area contributed by atoms with Crippen LogP contribution in [0.1, 0.15) is 82.4 Å². The Morgan fingerprint density at radius 1 is 0.763 bits per heavy atom. The quantitative estimate of drug-likeness (QED) is 0.453. The van der Waals surface area contributed by atoms with E-state index in [1.54, 1.807) is 17.0 Å². The highest BCUT2D eigenvalue weighted by Crippen LogP contribution is 2.36. The number of rotatable bonds is 4. The Bertz CT molecular complexity index is 1270. The molecule has 0 unspecified atom stereocenters. The number of carbonyl (C=O) groups excluding carboxylic acids is 4. The van der Waals surface area contributed by atoms with Crippen LogP contribution in [-0.4, -0.2) is 72.2 Å². The summed E-state index contributed by atoms with van der Waals surface area (Å²) in [6.45, 7) is 2.89.